The molecule has 1 aromatic heterocycles. The van der Waals surface area contributed by atoms with Gasteiger partial charge in [-0.05, 0) is 42.5 Å². The molecule has 1 aromatic carbocycles. The zero-order valence-electron chi connectivity index (χ0n) is 12.9. The van der Waals surface area contributed by atoms with Gasteiger partial charge in [0.1, 0.15) is 6.29 Å². The average Bonchev–Trinajstić information content (AvgIpc) is 2.61. The van der Waals surface area contributed by atoms with Gasteiger partial charge in [-0.15, -0.1) is 0 Å². The SMILES string of the molecule is O=Cc1ccc(CCCCNC(=O)/C=C/c2cccnc2)cc1. The molecule has 1 N–H and O–H groups in total. The summed E-state index contributed by atoms with van der Waals surface area (Å²) in [6, 6.07) is 11.3. The number of hydrogen-bond donors (Lipinski definition) is 1. The van der Waals surface area contributed by atoms with Crippen LogP contribution in [-0.4, -0.2) is 23.7 Å². The van der Waals surface area contributed by atoms with Gasteiger partial charge < -0.3 is 5.32 Å². The maximum Gasteiger partial charge on any atom is 0.243 e. The molecule has 4 heteroatoms. The largest absolute Gasteiger partial charge is 0.353 e. The van der Waals surface area contributed by atoms with Crippen LogP contribution in [0.3, 0.4) is 0 Å². The number of amides is 1. The molecule has 0 atom stereocenters. The topological polar surface area (TPSA) is 59.1 Å². The van der Waals surface area contributed by atoms with E-state index in [0.717, 1.165) is 31.1 Å². The van der Waals surface area contributed by atoms with Gasteiger partial charge in [0.2, 0.25) is 5.91 Å². The molecule has 0 saturated heterocycles. The first kappa shape index (κ1) is 16.6. The monoisotopic (exact) mass is 308 g/mol. The molecule has 0 spiro atoms. The number of carbonyl (C=O) groups is 2. The highest BCUT2D eigenvalue weighted by Gasteiger charge is 1.97. The molecule has 0 aliphatic rings. The van der Waals surface area contributed by atoms with Crippen molar-refractivity contribution < 1.29 is 9.59 Å². The van der Waals surface area contributed by atoms with Gasteiger partial charge in [0.25, 0.3) is 0 Å². The van der Waals surface area contributed by atoms with E-state index in [1.807, 2.05) is 36.4 Å². The summed E-state index contributed by atoms with van der Waals surface area (Å²) in [5.74, 6) is -0.0933. The molecule has 2 aromatic rings. The fourth-order valence-electron chi connectivity index (χ4n) is 2.13. The van der Waals surface area contributed by atoms with Gasteiger partial charge in [-0.25, -0.2) is 0 Å². The van der Waals surface area contributed by atoms with Crippen molar-refractivity contribution in [1.82, 2.24) is 10.3 Å². The van der Waals surface area contributed by atoms with E-state index in [1.54, 1.807) is 18.5 Å². The van der Waals surface area contributed by atoms with Gasteiger partial charge in [0.15, 0.2) is 0 Å². The second kappa shape index (κ2) is 9.30. The number of aryl methyl sites for hydroxylation is 1. The summed E-state index contributed by atoms with van der Waals surface area (Å²) in [5, 5.41) is 2.86. The summed E-state index contributed by atoms with van der Waals surface area (Å²) >= 11 is 0. The van der Waals surface area contributed by atoms with E-state index >= 15 is 0 Å². The maximum atomic E-state index is 11.7. The van der Waals surface area contributed by atoms with E-state index in [2.05, 4.69) is 10.3 Å². The predicted molar refractivity (Wildman–Crippen MR) is 91.0 cm³/mol. The molecule has 118 valence electrons. The Morgan fingerprint density at radius 1 is 1.09 bits per heavy atom. The van der Waals surface area contributed by atoms with Crippen LogP contribution in [0.4, 0.5) is 0 Å². The van der Waals surface area contributed by atoms with E-state index in [-0.39, 0.29) is 5.91 Å². The standard InChI is InChI=1S/C19H20N2O2/c22-15-18-8-6-16(7-9-18)4-1-2-13-21-19(23)11-10-17-5-3-12-20-14-17/h3,5-12,14-15H,1-2,4,13H2,(H,21,23)/b11-10+. The molecule has 0 unspecified atom stereocenters. The Hall–Kier alpha value is -2.75. The van der Waals surface area contributed by atoms with Crippen LogP contribution in [-0.2, 0) is 11.2 Å². The molecular formula is C19H20N2O2. The number of rotatable bonds is 8. The van der Waals surface area contributed by atoms with Crippen LogP contribution >= 0.6 is 0 Å². The zero-order valence-corrected chi connectivity index (χ0v) is 12.9. The van der Waals surface area contributed by atoms with Crippen molar-refractivity contribution in [1.29, 1.82) is 0 Å². The van der Waals surface area contributed by atoms with Crippen molar-refractivity contribution in [2.75, 3.05) is 6.54 Å². The maximum absolute atomic E-state index is 11.7. The number of nitrogens with zero attached hydrogens (tertiary/aromatic N) is 1. The summed E-state index contributed by atoms with van der Waals surface area (Å²) in [6.45, 7) is 0.655. The van der Waals surface area contributed by atoms with Crippen molar-refractivity contribution in [3.05, 3.63) is 71.6 Å². The van der Waals surface area contributed by atoms with Crippen molar-refractivity contribution in [2.24, 2.45) is 0 Å². The number of aromatic nitrogens is 1. The fraction of sp³-hybridized carbons (Fsp3) is 0.211. The van der Waals surface area contributed by atoms with Crippen molar-refractivity contribution in [2.45, 2.75) is 19.3 Å². The summed E-state index contributed by atoms with van der Waals surface area (Å²) in [7, 11) is 0. The second-order valence-electron chi connectivity index (χ2n) is 5.23. The molecule has 0 saturated carbocycles. The van der Waals surface area contributed by atoms with Gasteiger partial charge in [-0.3, -0.25) is 14.6 Å². The van der Waals surface area contributed by atoms with Gasteiger partial charge in [-0.2, -0.15) is 0 Å². The van der Waals surface area contributed by atoms with E-state index in [0.29, 0.717) is 12.1 Å². The third-order valence-corrected chi connectivity index (χ3v) is 3.42. The normalized spacial score (nSPS) is 10.6. The number of unbranched alkanes of at least 4 members (excludes halogenated alkanes) is 1. The Labute approximate surface area is 136 Å². The first-order chi connectivity index (χ1) is 11.3. The van der Waals surface area contributed by atoms with Crippen LogP contribution in [0.15, 0.2) is 54.9 Å². The van der Waals surface area contributed by atoms with E-state index in [4.69, 9.17) is 0 Å². The Balaban J connectivity index is 1.62. The van der Waals surface area contributed by atoms with E-state index in [1.165, 1.54) is 11.6 Å². The van der Waals surface area contributed by atoms with Crippen LogP contribution in [0.25, 0.3) is 6.08 Å². The minimum atomic E-state index is -0.0933. The number of benzene rings is 1. The molecule has 0 bridgehead atoms. The number of aldehydes is 1. The molecule has 2 rings (SSSR count). The predicted octanol–water partition coefficient (Wildman–Crippen LogP) is 3.05. The minimum absolute atomic E-state index is 0.0933. The first-order valence-corrected chi connectivity index (χ1v) is 7.68. The lowest BCUT2D eigenvalue weighted by Crippen LogP contribution is -2.22. The minimum Gasteiger partial charge on any atom is -0.353 e. The molecule has 0 aliphatic heterocycles. The zero-order chi connectivity index (χ0) is 16.3. The molecule has 1 heterocycles. The Morgan fingerprint density at radius 3 is 2.61 bits per heavy atom. The summed E-state index contributed by atoms with van der Waals surface area (Å²) in [6.07, 6.45) is 10.4. The molecule has 0 aliphatic carbocycles. The van der Waals surface area contributed by atoms with Crippen LogP contribution < -0.4 is 5.32 Å². The number of carbonyl (C=O) groups excluding carboxylic acids is 2. The number of nitrogens with one attached hydrogen (secondary N) is 1. The van der Waals surface area contributed by atoms with Crippen molar-refractivity contribution >= 4 is 18.3 Å². The number of pyridine rings is 1. The summed E-state index contributed by atoms with van der Waals surface area (Å²) < 4.78 is 0. The van der Waals surface area contributed by atoms with Crippen LogP contribution in [0.5, 0.6) is 0 Å². The Bertz CT molecular complexity index is 649. The van der Waals surface area contributed by atoms with Gasteiger partial charge >= 0.3 is 0 Å². The Morgan fingerprint density at radius 2 is 1.91 bits per heavy atom. The van der Waals surface area contributed by atoms with E-state index < -0.39 is 0 Å². The molecule has 0 radical (unpaired) electrons. The lowest BCUT2D eigenvalue weighted by Gasteiger charge is -2.03. The van der Waals surface area contributed by atoms with Crippen LogP contribution in [0.1, 0.15) is 34.3 Å². The highest BCUT2D eigenvalue weighted by molar-refractivity contribution is 5.91. The third kappa shape index (κ3) is 6.26. The highest BCUT2D eigenvalue weighted by atomic mass is 16.1. The van der Waals surface area contributed by atoms with Gasteiger partial charge in [0, 0.05) is 30.6 Å². The molecular weight excluding hydrogens is 288 g/mol. The Kier molecular flexibility index (Phi) is 6.72. The van der Waals surface area contributed by atoms with E-state index in [9.17, 15) is 9.59 Å². The first-order valence-electron chi connectivity index (χ1n) is 7.68. The molecule has 23 heavy (non-hydrogen) atoms. The van der Waals surface area contributed by atoms with Gasteiger partial charge in [0.05, 0.1) is 0 Å². The fourth-order valence-corrected chi connectivity index (χ4v) is 2.13. The molecule has 1 amide bonds. The van der Waals surface area contributed by atoms with Crippen LogP contribution in [0.2, 0.25) is 0 Å². The number of hydrogen-bond acceptors (Lipinski definition) is 3. The van der Waals surface area contributed by atoms with Crippen molar-refractivity contribution in [3.8, 4) is 0 Å². The summed E-state index contributed by atoms with van der Waals surface area (Å²) in [5.41, 5.74) is 2.81. The third-order valence-electron chi connectivity index (χ3n) is 3.42. The smallest absolute Gasteiger partial charge is 0.243 e. The lowest BCUT2D eigenvalue weighted by molar-refractivity contribution is -0.116. The molecule has 0 fully saturated rings. The lowest BCUT2D eigenvalue weighted by atomic mass is 10.1. The van der Waals surface area contributed by atoms with Crippen LogP contribution in [0, 0.1) is 0 Å². The second-order valence-corrected chi connectivity index (χ2v) is 5.23. The van der Waals surface area contributed by atoms with Gasteiger partial charge in [-0.1, -0.05) is 30.3 Å². The highest BCUT2D eigenvalue weighted by Crippen LogP contribution is 2.06. The quantitative estimate of drug-likeness (QED) is 0.463. The van der Waals surface area contributed by atoms with Crippen molar-refractivity contribution in [3.63, 3.8) is 0 Å². The average molecular weight is 308 g/mol. The summed E-state index contributed by atoms with van der Waals surface area (Å²) in [4.78, 5) is 26.2. The molecule has 4 nitrogen and oxygen atoms in total.